The van der Waals surface area contributed by atoms with Gasteiger partial charge in [0.15, 0.2) is 0 Å². The van der Waals surface area contributed by atoms with Gasteiger partial charge in [0.1, 0.15) is 0 Å². The smallest absolute Gasteiger partial charge is 0.0111 e. The molecule has 152 valence electrons. The lowest BCUT2D eigenvalue weighted by atomic mass is 9.91. The zero-order valence-corrected chi connectivity index (χ0v) is 19.1. The molecule has 0 saturated carbocycles. The lowest BCUT2D eigenvalue weighted by Crippen LogP contribution is -2.04. The molecule has 0 fully saturated rings. The highest BCUT2D eigenvalue weighted by Gasteiger charge is 2.07. The van der Waals surface area contributed by atoms with Crippen molar-refractivity contribution in [2.45, 2.75) is 80.6 Å². The molecule has 0 spiro atoms. The minimum Gasteiger partial charge on any atom is -0.0961 e. The van der Waals surface area contributed by atoms with Gasteiger partial charge in [0.25, 0.3) is 0 Å². The van der Waals surface area contributed by atoms with Crippen LogP contribution in [-0.2, 0) is 0 Å². The van der Waals surface area contributed by atoms with Gasteiger partial charge in [0.05, 0.1) is 0 Å². The van der Waals surface area contributed by atoms with Crippen molar-refractivity contribution in [2.75, 3.05) is 0 Å². The van der Waals surface area contributed by atoms with Crippen molar-refractivity contribution in [2.24, 2.45) is 17.8 Å². The van der Waals surface area contributed by atoms with Gasteiger partial charge < -0.3 is 0 Å². The van der Waals surface area contributed by atoms with Gasteiger partial charge in [-0.3, -0.25) is 0 Å². The molecular weight excluding hydrogens is 324 g/mol. The Morgan fingerprint density at radius 3 is 2.30 bits per heavy atom. The molecule has 27 heavy (non-hydrogen) atoms. The number of hydrogen-bond acceptors (Lipinski definition) is 0. The van der Waals surface area contributed by atoms with Gasteiger partial charge in [-0.1, -0.05) is 106 Å². The minimum absolute atomic E-state index is 0.578. The van der Waals surface area contributed by atoms with Crippen LogP contribution in [0, 0.1) is 17.8 Å². The molecule has 0 aliphatic carbocycles. The Hall–Kier alpha value is -1.56. The van der Waals surface area contributed by atoms with Gasteiger partial charge in [-0.25, -0.2) is 0 Å². The fourth-order valence-electron chi connectivity index (χ4n) is 2.73. The van der Waals surface area contributed by atoms with Crippen molar-refractivity contribution in [3.05, 3.63) is 71.9 Å². The zero-order valence-electron chi connectivity index (χ0n) is 19.1. The monoisotopic (exact) mass is 368 g/mol. The number of rotatable bonds is 13. The van der Waals surface area contributed by atoms with Crippen molar-refractivity contribution < 1.29 is 0 Å². The summed E-state index contributed by atoms with van der Waals surface area (Å²) in [5.74, 6) is 2.07. The first-order valence-electron chi connectivity index (χ1n) is 10.7. The van der Waals surface area contributed by atoms with Crippen molar-refractivity contribution in [3.8, 4) is 0 Å². The highest BCUT2D eigenvalue weighted by Crippen LogP contribution is 2.20. The lowest BCUT2D eigenvalue weighted by Gasteiger charge is -2.15. The van der Waals surface area contributed by atoms with Gasteiger partial charge in [0.2, 0.25) is 0 Å². The first-order chi connectivity index (χ1) is 12.8. The summed E-state index contributed by atoms with van der Waals surface area (Å²) in [6, 6.07) is 0. The first-order valence-corrected chi connectivity index (χ1v) is 10.7. The van der Waals surface area contributed by atoms with Crippen LogP contribution in [0.2, 0.25) is 0 Å². The van der Waals surface area contributed by atoms with Crippen LogP contribution in [0.3, 0.4) is 0 Å². The van der Waals surface area contributed by atoms with Crippen LogP contribution >= 0.6 is 0 Å². The maximum absolute atomic E-state index is 3.88. The van der Waals surface area contributed by atoms with Gasteiger partial charge in [-0.15, -0.1) is 0 Å². The standard InChI is InChI=1S/C27H44/c1-9-23(4)16-11-10-12-17-24(5)21-25(6)19-20-27(8)26(7)18-14-13-15-22(2)3/h10,12-15,17-19,23,26-27H,2,9,11,16,20-21H2,1,3-8H3/b12-10+,15-13+,18-14+,24-17+,25-19+. The molecule has 0 aromatic carbocycles. The van der Waals surface area contributed by atoms with E-state index >= 15 is 0 Å². The topological polar surface area (TPSA) is 0 Å². The van der Waals surface area contributed by atoms with Crippen molar-refractivity contribution in [1.82, 2.24) is 0 Å². The highest BCUT2D eigenvalue weighted by molar-refractivity contribution is 5.18. The molecule has 0 heterocycles. The summed E-state index contributed by atoms with van der Waals surface area (Å²) < 4.78 is 0. The lowest BCUT2D eigenvalue weighted by molar-refractivity contribution is 0.464. The largest absolute Gasteiger partial charge is 0.0961 e. The van der Waals surface area contributed by atoms with E-state index < -0.39 is 0 Å². The van der Waals surface area contributed by atoms with Crippen LogP contribution in [0.25, 0.3) is 0 Å². The van der Waals surface area contributed by atoms with Gasteiger partial charge >= 0.3 is 0 Å². The van der Waals surface area contributed by atoms with E-state index in [9.17, 15) is 0 Å². The summed E-state index contributed by atoms with van der Waals surface area (Å²) in [7, 11) is 0. The summed E-state index contributed by atoms with van der Waals surface area (Å²) >= 11 is 0. The molecule has 0 aromatic rings. The fourth-order valence-corrected chi connectivity index (χ4v) is 2.73. The van der Waals surface area contributed by atoms with Crippen LogP contribution in [0.4, 0.5) is 0 Å². The summed E-state index contributed by atoms with van der Waals surface area (Å²) in [5.41, 5.74) is 4.00. The van der Waals surface area contributed by atoms with E-state index in [1.54, 1.807) is 0 Å². The molecule has 3 unspecified atom stereocenters. The van der Waals surface area contributed by atoms with E-state index in [-0.39, 0.29) is 0 Å². The van der Waals surface area contributed by atoms with E-state index in [0.717, 1.165) is 24.3 Å². The van der Waals surface area contributed by atoms with Gasteiger partial charge in [-0.05, 0) is 64.2 Å². The van der Waals surface area contributed by atoms with Crippen LogP contribution in [0.1, 0.15) is 80.6 Å². The molecule has 0 radical (unpaired) electrons. The Kier molecular flexibility index (Phi) is 14.6. The van der Waals surface area contributed by atoms with E-state index in [4.69, 9.17) is 0 Å². The normalized spacial score (nSPS) is 17.1. The molecule has 0 saturated heterocycles. The molecule has 0 N–H and O–H groups in total. The third kappa shape index (κ3) is 15.2. The molecule has 3 atom stereocenters. The Morgan fingerprint density at radius 1 is 0.963 bits per heavy atom. The maximum Gasteiger partial charge on any atom is -0.0111 e. The minimum atomic E-state index is 0.578. The molecule has 0 bridgehead atoms. The number of hydrogen-bond donors (Lipinski definition) is 0. The zero-order chi connectivity index (χ0) is 20.7. The van der Waals surface area contributed by atoms with Gasteiger partial charge in [-0.2, -0.15) is 0 Å². The molecular formula is C27H44. The van der Waals surface area contributed by atoms with Crippen LogP contribution < -0.4 is 0 Å². The molecule has 0 aromatic heterocycles. The summed E-state index contributed by atoms with van der Waals surface area (Å²) in [5, 5.41) is 0. The third-order valence-electron chi connectivity index (χ3n) is 5.24. The summed E-state index contributed by atoms with van der Waals surface area (Å²) in [6.45, 7) is 19.6. The molecule has 0 aliphatic heterocycles. The Bertz CT molecular complexity index is 551. The second-order valence-electron chi connectivity index (χ2n) is 8.42. The molecule has 0 rings (SSSR count). The average molecular weight is 369 g/mol. The highest BCUT2D eigenvalue weighted by atomic mass is 14.1. The van der Waals surface area contributed by atoms with Crippen LogP contribution in [0.15, 0.2) is 71.9 Å². The van der Waals surface area contributed by atoms with Crippen molar-refractivity contribution >= 4 is 0 Å². The molecule has 0 heteroatoms. The Balaban J connectivity index is 4.33. The second kappa shape index (κ2) is 15.5. The predicted octanol–water partition coefficient (Wildman–Crippen LogP) is 9.00. The van der Waals surface area contributed by atoms with Crippen molar-refractivity contribution in [3.63, 3.8) is 0 Å². The average Bonchev–Trinajstić information content (AvgIpc) is 2.62. The van der Waals surface area contributed by atoms with Crippen LogP contribution in [-0.4, -0.2) is 0 Å². The molecule has 0 aliphatic rings. The quantitative estimate of drug-likeness (QED) is 0.225. The SMILES string of the molecule is C=C(C)/C=C/C=C/C(C)C(C)C/C=C(\C)C/C(C)=C/C=C/CCC(C)CC. The predicted molar refractivity (Wildman–Crippen MR) is 126 cm³/mol. The molecule has 0 nitrogen and oxygen atoms in total. The van der Waals surface area contributed by atoms with Gasteiger partial charge in [0, 0.05) is 0 Å². The Morgan fingerprint density at radius 2 is 1.67 bits per heavy atom. The second-order valence-corrected chi connectivity index (χ2v) is 8.42. The fraction of sp³-hybridized carbons (Fsp3) is 0.556. The maximum atomic E-state index is 3.88. The van der Waals surface area contributed by atoms with E-state index in [1.807, 2.05) is 13.0 Å². The first kappa shape index (κ1) is 25.4. The van der Waals surface area contributed by atoms with Crippen LogP contribution in [0.5, 0.6) is 0 Å². The van der Waals surface area contributed by atoms with E-state index in [1.165, 1.54) is 30.4 Å². The Labute approximate surface area is 170 Å². The van der Waals surface area contributed by atoms with E-state index in [2.05, 4.69) is 90.7 Å². The third-order valence-corrected chi connectivity index (χ3v) is 5.24. The van der Waals surface area contributed by atoms with E-state index in [0.29, 0.717) is 11.8 Å². The van der Waals surface area contributed by atoms with Crippen molar-refractivity contribution in [1.29, 1.82) is 0 Å². The summed E-state index contributed by atoms with van der Waals surface area (Å²) in [6.07, 6.45) is 23.8. The summed E-state index contributed by atoms with van der Waals surface area (Å²) in [4.78, 5) is 0. The molecule has 0 amide bonds. The number of allylic oxidation sites excluding steroid dienone is 11.